The lowest BCUT2D eigenvalue weighted by Crippen LogP contribution is -2.51. The van der Waals surface area contributed by atoms with E-state index in [4.69, 9.17) is 0 Å². The summed E-state index contributed by atoms with van der Waals surface area (Å²) in [5.74, 6) is 1.47. The van der Waals surface area contributed by atoms with Gasteiger partial charge >= 0.3 is 0 Å². The van der Waals surface area contributed by atoms with Gasteiger partial charge in [-0.1, -0.05) is 6.07 Å². The Morgan fingerprint density at radius 2 is 2.00 bits per heavy atom. The number of amides is 1. The number of carbonyl (C=O) groups excluding carboxylic acids is 1. The maximum atomic E-state index is 13.2. The quantitative estimate of drug-likeness (QED) is 0.882. The number of piperazine rings is 1. The molecule has 7 heteroatoms. The number of carbonyl (C=O) groups is 1. The fraction of sp³-hybridized carbons (Fsp3) is 0.526. The molecule has 2 fully saturated rings. The van der Waals surface area contributed by atoms with Crippen molar-refractivity contribution in [3.63, 3.8) is 0 Å². The molecule has 0 saturated carbocycles. The van der Waals surface area contributed by atoms with Crippen LogP contribution < -0.4 is 10.2 Å². The summed E-state index contributed by atoms with van der Waals surface area (Å²) in [6, 6.07) is 5.96. The molecule has 0 spiro atoms. The average Bonchev–Trinajstić information content (AvgIpc) is 3.29. The first-order valence-corrected chi connectivity index (χ1v) is 9.29. The second-order valence-electron chi connectivity index (χ2n) is 7.18. The Labute approximate surface area is 154 Å². The van der Waals surface area contributed by atoms with E-state index in [0.29, 0.717) is 0 Å². The summed E-state index contributed by atoms with van der Waals surface area (Å²) >= 11 is 0. The Balaban J connectivity index is 1.42. The standard InChI is InChI=1S/C19H26N6O/c1-14-15(13-22-23(14)2)16-11-20-12-17(16)19(26)25-9-7-24(8-10-25)18-5-3-4-6-21-18/h3-6,13,16-17,20H,7-12H2,1-2H3/t16-,17+/m1/s1. The molecular weight excluding hydrogens is 328 g/mol. The molecule has 0 bridgehead atoms. The predicted molar refractivity (Wildman–Crippen MR) is 100 cm³/mol. The summed E-state index contributed by atoms with van der Waals surface area (Å²) in [5.41, 5.74) is 2.35. The zero-order chi connectivity index (χ0) is 18.1. The minimum absolute atomic E-state index is 0.000648. The topological polar surface area (TPSA) is 66.3 Å². The number of hydrogen-bond acceptors (Lipinski definition) is 5. The van der Waals surface area contributed by atoms with E-state index in [2.05, 4.69) is 27.2 Å². The van der Waals surface area contributed by atoms with E-state index in [1.807, 2.05) is 47.2 Å². The van der Waals surface area contributed by atoms with E-state index in [1.165, 1.54) is 5.56 Å². The molecule has 0 radical (unpaired) electrons. The Hall–Kier alpha value is -2.41. The number of anilines is 1. The molecule has 0 aliphatic carbocycles. The molecule has 1 N–H and O–H groups in total. The van der Waals surface area contributed by atoms with Crippen LogP contribution in [-0.2, 0) is 11.8 Å². The van der Waals surface area contributed by atoms with Gasteiger partial charge in [0.15, 0.2) is 0 Å². The number of rotatable bonds is 3. The molecule has 4 heterocycles. The summed E-state index contributed by atoms with van der Waals surface area (Å²) in [5, 5.41) is 7.77. The van der Waals surface area contributed by atoms with Gasteiger partial charge in [0.25, 0.3) is 0 Å². The molecule has 0 aromatic carbocycles. The highest BCUT2D eigenvalue weighted by molar-refractivity contribution is 5.81. The zero-order valence-corrected chi connectivity index (χ0v) is 15.4. The lowest BCUT2D eigenvalue weighted by Gasteiger charge is -2.37. The molecule has 2 aliphatic heterocycles. The first kappa shape index (κ1) is 17.0. The molecule has 4 rings (SSSR count). The van der Waals surface area contributed by atoms with Crippen LogP contribution in [0.15, 0.2) is 30.6 Å². The minimum atomic E-state index is -0.000648. The summed E-state index contributed by atoms with van der Waals surface area (Å²) in [7, 11) is 1.95. The second kappa shape index (κ2) is 7.07. The molecule has 2 atom stereocenters. The molecule has 26 heavy (non-hydrogen) atoms. The third kappa shape index (κ3) is 3.07. The van der Waals surface area contributed by atoms with E-state index in [9.17, 15) is 4.79 Å². The van der Waals surface area contributed by atoms with Crippen LogP contribution in [0.25, 0.3) is 0 Å². The molecule has 0 unspecified atom stereocenters. The van der Waals surface area contributed by atoms with Crippen molar-refractivity contribution in [3.05, 3.63) is 41.9 Å². The summed E-state index contributed by atoms with van der Waals surface area (Å²) in [4.78, 5) is 21.9. The van der Waals surface area contributed by atoms with Gasteiger partial charge < -0.3 is 15.1 Å². The molecule has 2 aromatic heterocycles. The summed E-state index contributed by atoms with van der Waals surface area (Å²) in [6.45, 7) is 6.84. The van der Waals surface area contributed by atoms with Crippen LogP contribution in [0.5, 0.6) is 0 Å². The number of aromatic nitrogens is 3. The number of aryl methyl sites for hydroxylation is 1. The van der Waals surface area contributed by atoms with Crippen LogP contribution in [-0.4, -0.2) is 64.8 Å². The Kier molecular flexibility index (Phi) is 4.63. The van der Waals surface area contributed by atoms with Gasteiger partial charge in [0, 0.05) is 64.1 Å². The molecular formula is C19H26N6O. The fourth-order valence-corrected chi connectivity index (χ4v) is 4.08. The van der Waals surface area contributed by atoms with Gasteiger partial charge in [-0.3, -0.25) is 9.48 Å². The van der Waals surface area contributed by atoms with Crippen molar-refractivity contribution in [1.29, 1.82) is 0 Å². The third-order valence-corrected chi connectivity index (χ3v) is 5.77. The highest BCUT2D eigenvalue weighted by Crippen LogP contribution is 2.31. The summed E-state index contributed by atoms with van der Waals surface area (Å²) in [6.07, 6.45) is 3.74. The van der Waals surface area contributed by atoms with E-state index in [1.54, 1.807) is 0 Å². The predicted octanol–water partition coefficient (Wildman–Crippen LogP) is 0.775. The highest BCUT2D eigenvalue weighted by atomic mass is 16.2. The van der Waals surface area contributed by atoms with E-state index >= 15 is 0 Å². The first-order chi connectivity index (χ1) is 12.6. The number of nitrogens with zero attached hydrogens (tertiary/aromatic N) is 5. The van der Waals surface area contributed by atoms with Crippen molar-refractivity contribution in [2.45, 2.75) is 12.8 Å². The van der Waals surface area contributed by atoms with Crippen LogP contribution in [0, 0.1) is 12.8 Å². The van der Waals surface area contributed by atoms with Gasteiger partial charge in [-0.2, -0.15) is 5.10 Å². The van der Waals surface area contributed by atoms with E-state index in [0.717, 1.165) is 50.8 Å². The van der Waals surface area contributed by atoms with Crippen LogP contribution >= 0.6 is 0 Å². The molecule has 2 saturated heterocycles. The lowest BCUT2D eigenvalue weighted by atomic mass is 9.88. The van der Waals surface area contributed by atoms with Crippen molar-refractivity contribution >= 4 is 11.7 Å². The molecule has 7 nitrogen and oxygen atoms in total. The Morgan fingerprint density at radius 1 is 1.19 bits per heavy atom. The third-order valence-electron chi connectivity index (χ3n) is 5.77. The van der Waals surface area contributed by atoms with Crippen LogP contribution in [0.1, 0.15) is 17.2 Å². The Morgan fingerprint density at radius 3 is 2.65 bits per heavy atom. The van der Waals surface area contributed by atoms with E-state index < -0.39 is 0 Å². The number of hydrogen-bond donors (Lipinski definition) is 1. The first-order valence-electron chi connectivity index (χ1n) is 9.29. The SMILES string of the molecule is Cc1c([C@H]2CNC[C@@H]2C(=O)N2CCN(c3ccccn3)CC2)cnn1C. The van der Waals surface area contributed by atoms with Gasteiger partial charge in [0.05, 0.1) is 12.1 Å². The van der Waals surface area contributed by atoms with Gasteiger partial charge in [-0.25, -0.2) is 4.98 Å². The van der Waals surface area contributed by atoms with Crippen molar-refractivity contribution in [1.82, 2.24) is 25.0 Å². The number of nitrogens with one attached hydrogen (secondary N) is 1. The smallest absolute Gasteiger partial charge is 0.227 e. The average molecular weight is 354 g/mol. The maximum Gasteiger partial charge on any atom is 0.227 e. The number of pyridine rings is 1. The second-order valence-corrected chi connectivity index (χ2v) is 7.18. The van der Waals surface area contributed by atoms with Crippen LogP contribution in [0.3, 0.4) is 0 Å². The molecule has 138 valence electrons. The van der Waals surface area contributed by atoms with Crippen LogP contribution in [0.2, 0.25) is 0 Å². The largest absolute Gasteiger partial charge is 0.353 e. The minimum Gasteiger partial charge on any atom is -0.353 e. The monoisotopic (exact) mass is 354 g/mol. The molecule has 1 amide bonds. The van der Waals surface area contributed by atoms with Crippen molar-refractivity contribution in [2.75, 3.05) is 44.2 Å². The Bertz CT molecular complexity index is 766. The summed E-state index contributed by atoms with van der Waals surface area (Å²) < 4.78 is 1.89. The van der Waals surface area contributed by atoms with Gasteiger partial charge in [0.1, 0.15) is 5.82 Å². The lowest BCUT2D eigenvalue weighted by molar-refractivity contribution is -0.135. The van der Waals surface area contributed by atoms with Gasteiger partial charge in [-0.05, 0) is 24.6 Å². The van der Waals surface area contributed by atoms with Crippen molar-refractivity contribution < 1.29 is 4.79 Å². The highest BCUT2D eigenvalue weighted by Gasteiger charge is 2.38. The zero-order valence-electron chi connectivity index (χ0n) is 15.4. The van der Waals surface area contributed by atoms with E-state index in [-0.39, 0.29) is 17.7 Å². The van der Waals surface area contributed by atoms with Gasteiger partial charge in [0.2, 0.25) is 5.91 Å². The molecule has 2 aromatic rings. The van der Waals surface area contributed by atoms with Crippen molar-refractivity contribution in [2.24, 2.45) is 13.0 Å². The fourth-order valence-electron chi connectivity index (χ4n) is 4.08. The van der Waals surface area contributed by atoms with Gasteiger partial charge in [-0.15, -0.1) is 0 Å². The maximum absolute atomic E-state index is 13.2. The normalized spacial score (nSPS) is 23.5. The molecule has 2 aliphatic rings. The van der Waals surface area contributed by atoms with Crippen molar-refractivity contribution in [3.8, 4) is 0 Å². The van der Waals surface area contributed by atoms with Crippen LogP contribution in [0.4, 0.5) is 5.82 Å².